The number of alkyl halides is 3. The molecule has 0 atom stereocenters. The van der Waals surface area contributed by atoms with Crippen LogP contribution in [0.2, 0.25) is 5.02 Å². The van der Waals surface area contributed by atoms with Crippen molar-refractivity contribution < 1.29 is 17.6 Å². The number of nitrogens with zero attached hydrogens (tertiary/aromatic N) is 1. The van der Waals surface area contributed by atoms with Gasteiger partial charge in [-0.05, 0) is 12.1 Å². The average Bonchev–Trinajstić information content (AvgIpc) is 2.06. The van der Waals surface area contributed by atoms with Crippen molar-refractivity contribution in [3.8, 4) is 6.07 Å². The van der Waals surface area contributed by atoms with E-state index in [9.17, 15) is 17.6 Å². The summed E-state index contributed by atoms with van der Waals surface area (Å²) in [6.07, 6.45) is -4.76. The van der Waals surface area contributed by atoms with Crippen LogP contribution in [0.4, 0.5) is 17.6 Å². The van der Waals surface area contributed by atoms with E-state index in [1.54, 1.807) is 0 Å². The minimum atomic E-state index is -4.76. The van der Waals surface area contributed by atoms with E-state index in [4.69, 9.17) is 16.9 Å². The van der Waals surface area contributed by atoms with Gasteiger partial charge in [-0.2, -0.15) is 18.4 Å². The lowest BCUT2D eigenvalue weighted by molar-refractivity contribution is -0.137. The maximum atomic E-state index is 12.6. The Hall–Kier alpha value is -1.28. The predicted molar refractivity (Wildman–Crippen MR) is 41.1 cm³/mol. The summed E-state index contributed by atoms with van der Waals surface area (Å²) in [6, 6.07) is 2.28. The number of benzene rings is 1. The fraction of sp³-hybridized carbons (Fsp3) is 0.125. The van der Waals surface area contributed by atoms with Gasteiger partial charge in [0.2, 0.25) is 0 Å². The Bertz CT molecular complexity index is 405. The molecule has 1 rings (SSSR count). The minimum absolute atomic E-state index is 0.253. The van der Waals surface area contributed by atoms with Crippen molar-refractivity contribution in [3.63, 3.8) is 0 Å². The van der Waals surface area contributed by atoms with Gasteiger partial charge in [0.05, 0.1) is 16.1 Å². The zero-order valence-electron chi connectivity index (χ0n) is 6.49. The van der Waals surface area contributed by atoms with Crippen molar-refractivity contribution in [2.75, 3.05) is 0 Å². The second-order valence-corrected chi connectivity index (χ2v) is 2.80. The molecule has 0 aliphatic heterocycles. The molecule has 0 spiro atoms. The summed E-state index contributed by atoms with van der Waals surface area (Å²) < 4.78 is 49.2. The third kappa shape index (κ3) is 1.96. The normalized spacial score (nSPS) is 11.1. The van der Waals surface area contributed by atoms with Gasteiger partial charge in [-0.15, -0.1) is 0 Å². The lowest BCUT2D eigenvalue weighted by Gasteiger charge is -2.09. The zero-order chi connectivity index (χ0) is 10.9. The van der Waals surface area contributed by atoms with Crippen molar-refractivity contribution in [1.82, 2.24) is 0 Å². The second-order valence-electron chi connectivity index (χ2n) is 2.42. The van der Waals surface area contributed by atoms with Crippen molar-refractivity contribution in [2.45, 2.75) is 6.18 Å². The van der Waals surface area contributed by atoms with Crippen LogP contribution in [0.3, 0.4) is 0 Å². The molecular formula is C8H2ClF4N. The van der Waals surface area contributed by atoms with Gasteiger partial charge >= 0.3 is 6.18 Å². The molecule has 1 aromatic carbocycles. The monoisotopic (exact) mass is 223 g/mol. The van der Waals surface area contributed by atoms with E-state index in [-0.39, 0.29) is 6.07 Å². The Kier molecular flexibility index (Phi) is 2.67. The summed E-state index contributed by atoms with van der Waals surface area (Å²) in [5, 5.41) is 7.59. The Balaban J connectivity index is 3.47. The Morgan fingerprint density at radius 1 is 1.29 bits per heavy atom. The molecule has 0 bridgehead atoms. The molecule has 0 aromatic heterocycles. The molecule has 0 radical (unpaired) electrons. The topological polar surface area (TPSA) is 23.8 Å². The molecular weight excluding hydrogens is 222 g/mol. The lowest BCUT2D eigenvalue weighted by Crippen LogP contribution is -2.07. The molecule has 0 aliphatic carbocycles. The van der Waals surface area contributed by atoms with Gasteiger partial charge in [-0.1, -0.05) is 11.6 Å². The summed E-state index contributed by atoms with van der Waals surface area (Å²) in [5.74, 6) is -1.14. The first-order chi connectivity index (χ1) is 6.36. The number of nitriles is 1. The summed E-state index contributed by atoms with van der Waals surface area (Å²) in [4.78, 5) is 0. The highest BCUT2D eigenvalue weighted by Crippen LogP contribution is 2.36. The number of hydrogen-bond donors (Lipinski definition) is 0. The van der Waals surface area contributed by atoms with Crippen LogP contribution in [-0.2, 0) is 6.18 Å². The molecule has 0 aliphatic rings. The molecule has 1 nitrogen and oxygen atoms in total. The van der Waals surface area contributed by atoms with Crippen LogP contribution in [-0.4, -0.2) is 0 Å². The SMILES string of the molecule is N#Cc1cc(F)cc(C(F)(F)F)c1Cl. The third-order valence-corrected chi connectivity index (χ3v) is 1.87. The molecule has 0 saturated heterocycles. The summed E-state index contributed by atoms with van der Waals surface area (Å²) in [5.41, 5.74) is -1.87. The molecule has 0 N–H and O–H groups in total. The summed E-state index contributed by atoms with van der Waals surface area (Å²) in [7, 11) is 0. The average molecular weight is 224 g/mol. The van der Waals surface area contributed by atoms with E-state index in [0.29, 0.717) is 6.07 Å². The fourth-order valence-electron chi connectivity index (χ4n) is 0.877. The number of rotatable bonds is 0. The maximum Gasteiger partial charge on any atom is 0.417 e. The van der Waals surface area contributed by atoms with Gasteiger partial charge in [0.1, 0.15) is 11.9 Å². The van der Waals surface area contributed by atoms with E-state index in [2.05, 4.69) is 0 Å². The molecule has 0 heterocycles. The van der Waals surface area contributed by atoms with Gasteiger partial charge in [0, 0.05) is 0 Å². The van der Waals surface area contributed by atoms with Gasteiger partial charge < -0.3 is 0 Å². The van der Waals surface area contributed by atoms with E-state index in [1.165, 1.54) is 6.07 Å². The Labute approximate surface area is 81.5 Å². The fourth-order valence-corrected chi connectivity index (χ4v) is 1.14. The minimum Gasteiger partial charge on any atom is -0.207 e. The van der Waals surface area contributed by atoms with E-state index < -0.39 is 28.1 Å². The Morgan fingerprint density at radius 2 is 1.86 bits per heavy atom. The van der Waals surface area contributed by atoms with Gasteiger partial charge in [-0.25, -0.2) is 4.39 Å². The highest BCUT2D eigenvalue weighted by molar-refractivity contribution is 6.32. The first kappa shape index (κ1) is 10.8. The molecule has 14 heavy (non-hydrogen) atoms. The van der Waals surface area contributed by atoms with Crippen LogP contribution < -0.4 is 0 Å². The molecule has 6 heteroatoms. The van der Waals surface area contributed by atoms with Crippen LogP contribution in [0, 0.1) is 17.1 Å². The molecule has 0 saturated carbocycles. The maximum absolute atomic E-state index is 12.6. The quantitative estimate of drug-likeness (QED) is 0.619. The standard InChI is InChI=1S/C8H2ClF4N/c9-7-4(3-14)1-5(10)2-6(7)8(11,12)13/h1-2H. The van der Waals surface area contributed by atoms with Gasteiger partial charge in [0.25, 0.3) is 0 Å². The van der Waals surface area contributed by atoms with Crippen molar-refractivity contribution in [1.29, 1.82) is 5.26 Å². The molecule has 74 valence electrons. The van der Waals surface area contributed by atoms with Crippen molar-refractivity contribution in [3.05, 3.63) is 34.1 Å². The van der Waals surface area contributed by atoms with Crippen molar-refractivity contribution in [2.24, 2.45) is 0 Å². The van der Waals surface area contributed by atoms with Crippen LogP contribution in [0.1, 0.15) is 11.1 Å². The third-order valence-electron chi connectivity index (χ3n) is 1.46. The lowest BCUT2D eigenvalue weighted by atomic mass is 10.1. The van der Waals surface area contributed by atoms with Crippen LogP contribution >= 0.6 is 11.6 Å². The molecule has 1 aromatic rings. The van der Waals surface area contributed by atoms with E-state index in [1.807, 2.05) is 0 Å². The first-order valence-electron chi connectivity index (χ1n) is 3.32. The molecule has 0 amide bonds. The van der Waals surface area contributed by atoms with E-state index in [0.717, 1.165) is 0 Å². The molecule has 0 fully saturated rings. The number of hydrogen-bond acceptors (Lipinski definition) is 1. The van der Waals surface area contributed by atoms with Crippen LogP contribution in [0.25, 0.3) is 0 Å². The predicted octanol–water partition coefficient (Wildman–Crippen LogP) is 3.37. The van der Waals surface area contributed by atoms with Crippen LogP contribution in [0.15, 0.2) is 12.1 Å². The van der Waals surface area contributed by atoms with Gasteiger partial charge in [-0.3, -0.25) is 0 Å². The zero-order valence-corrected chi connectivity index (χ0v) is 7.25. The molecule has 0 unspecified atom stereocenters. The Morgan fingerprint density at radius 3 is 2.29 bits per heavy atom. The largest absolute Gasteiger partial charge is 0.417 e. The second kappa shape index (κ2) is 3.46. The smallest absolute Gasteiger partial charge is 0.207 e. The number of halogens is 5. The summed E-state index contributed by atoms with van der Waals surface area (Å²) in [6.45, 7) is 0. The summed E-state index contributed by atoms with van der Waals surface area (Å²) >= 11 is 5.26. The highest BCUT2D eigenvalue weighted by atomic mass is 35.5. The van der Waals surface area contributed by atoms with E-state index >= 15 is 0 Å². The van der Waals surface area contributed by atoms with Gasteiger partial charge in [0.15, 0.2) is 0 Å². The first-order valence-corrected chi connectivity index (χ1v) is 3.70. The van der Waals surface area contributed by atoms with Crippen LogP contribution in [0.5, 0.6) is 0 Å². The van der Waals surface area contributed by atoms with Crippen molar-refractivity contribution >= 4 is 11.6 Å². The highest BCUT2D eigenvalue weighted by Gasteiger charge is 2.34.